The molecule has 0 radical (unpaired) electrons. The molecule has 19 heavy (non-hydrogen) atoms. The summed E-state index contributed by atoms with van der Waals surface area (Å²) in [5.74, 6) is 1.71. The van der Waals surface area contributed by atoms with E-state index >= 15 is 0 Å². The minimum absolute atomic E-state index is 0.241. The van der Waals surface area contributed by atoms with Gasteiger partial charge in [0.15, 0.2) is 5.96 Å². The molecule has 0 aromatic carbocycles. The Hall–Kier alpha value is -0.420. The van der Waals surface area contributed by atoms with Crippen LogP contribution >= 0.6 is 11.8 Å². The van der Waals surface area contributed by atoms with E-state index in [0.29, 0.717) is 0 Å². The maximum Gasteiger partial charge on any atom is 0.191 e. The number of hydrogen-bond acceptors (Lipinski definition) is 3. The predicted molar refractivity (Wildman–Crippen MR) is 87.2 cm³/mol. The highest BCUT2D eigenvalue weighted by molar-refractivity contribution is 7.99. The van der Waals surface area contributed by atoms with Gasteiger partial charge in [-0.3, -0.25) is 4.99 Å². The van der Waals surface area contributed by atoms with Crippen LogP contribution < -0.4 is 10.6 Å². The normalized spacial score (nSPS) is 19.5. The molecule has 1 heterocycles. The smallest absolute Gasteiger partial charge is 0.191 e. The number of rotatable bonds is 5. The highest BCUT2D eigenvalue weighted by Gasteiger charge is 2.18. The summed E-state index contributed by atoms with van der Waals surface area (Å²) in [4.78, 5) is 6.71. The van der Waals surface area contributed by atoms with E-state index < -0.39 is 0 Å². The van der Waals surface area contributed by atoms with Crippen molar-refractivity contribution in [2.45, 2.75) is 31.4 Å². The van der Waals surface area contributed by atoms with Crippen LogP contribution in [0.5, 0.6) is 0 Å². The van der Waals surface area contributed by atoms with Crippen LogP contribution in [-0.2, 0) is 0 Å². The van der Waals surface area contributed by atoms with Crippen LogP contribution in [0.3, 0.4) is 0 Å². The maximum atomic E-state index is 4.30. The van der Waals surface area contributed by atoms with Gasteiger partial charge < -0.3 is 15.5 Å². The van der Waals surface area contributed by atoms with E-state index in [-0.39, 0.29) is 4.75 Å². The molecule has 2 N–H and O–H groups in total. The number of piperidine rings is 1. The molecule has 0 bridgehead atoms. The summed E-state index contributed by atoms with van der Waals surface area (Å²) >= 11 is 1.88. The van der Waals surface area contributed by atoms with Crippen molar-refractivity contribution < 1.29 is 0 Å². The fraction of sp³-hybridized carbons (Fsp3) is 0.929. The lowest BCUT2D eigenvalue weighted by atomic mass is 9.97. The Morgan fingerprint density at radius 1 is 1.32 bits per heavy atom. The summed E-state index contributed by atoms with van der Waals surface area (Å²) in [6.07, 6.45) is 4.73. The monoisotopic (exact) mass is 286 g/mol. The first-order valence-corrected chi connectivity index (χ1v) is 8.37. The van der Waals surface area contributed by atoms with Gasteiger partial charge in [-0.25, -0.2) is 0 Å². The molecule has 5 heteroatoms. The van der Waals surface area contributed by atoms with E-state index in [1.165, 1.54) is 25.9 Å². The summed E-state index contributed by atoms with van der Waals surface area (Å²) in [5.41, 5.74) is 0. The predicted octanol–water partition coefficient (Wildman–Crippen LogP) is 1.63. The summed E-state index contributed by atoms with van der Waals surface area (Å²) < 4.78 is 0.241. The lowest BCUT2D eigenvalue weighted by Crippen LogP contribution is -2.45. The zero-order valence-electron chi connectivity index (χ0n) is 13.1. The van der Waals surface area contributed by atoms with Crippen molar-refractivity contribution in [3.05, 3.63) is 0 Å². The first kappa shape index (κ1) is 16.6. The average molecular weight is 286 g/mol. The second-order valence-corrected chi connectivity index (χ2v) is 7.53. The Bertz CT molecular complexity index is 283. The van der Waals surface area contributed by atoms with E-state index in [2.05, 4.69) is 47.7 Å². The molecule has 112 valence electrons. The van der Waals surface area contributed by atoms with Gasteiger partial charge in [-0.05, 0) is 59.0 Å². The van der Waals surface area contributed by atoms with E-state index in [1.54, 1.807) is 0 Å². The highest BCUT2D eigenvalue weighted by Crippen LogP contribution is 2.19. The number of nitrogens with one attached hydrogen (secondary N) is 2. The first-order valence-electron chi connectivity index (χ1n) is 7.15. The van der Waals surface area contributed by atoms with Crippen molar-refractivity contribution in [3.8, 4) is 0 Å². The summed E-state index contributed by atoms with van der Waals surface area (Å²) in [5, 5.41) is 6.88. The zero-order valence-corrected chi connectivity index (χ0v) is 13.9. The molecule has 0 atom stereocenters. The molecule has 0 aromatic heterocycles. The van der Waals surface area contributed by atoms with Crippen molar-refractivity contribution in [1.82, 2.24) is 15.5 Å². The Labute approximate surface area is 122 Å². The standard InChI is InChI=1S/C14H30N4S/c1-14(2,19-5)11-17-13(15-3)16-10-12-6-8-18(4)9-7-12/h12H,6-11H2,1-5H3,(H2,15,16,17). The van der Waals surface area contributed by atoms with Gasteiger partial charge >= 0.3 is 0 Å². The van der Waals surface area contributed by atoms with Crippen LogP contribution in [0, 0.1) is 5.92 Å². The molecule has 0 aliphatic carbocycles. The van der Waals surface area contributed by atoms with Gasteiger partial charge in [0.25, 0.3) is 0 Å². The van der Waals surface area contributed by atoms with Crippen LogP contribution in [0.15, 0.2) is 4.99 Å². The third kappa shape index (κ3) is 6.52. The molecule has 1 aliphatic rings. The molecular weight excluding hydrogens is 256 g/mol. The molecule has 1 rings (SSSR count). The minimum Gasteiger partial charge on any atom is -0.356 e. The van der Waals surface area contributed by atoms with Gasteiger partial charge in [0.2, 0.25) is 0 Å². The van der Waals surface area contributed by atoms with Gasteiger partial charge in [0.1, 0.15) is 0 Å². The molecule has 1 saturated heterocycles. The third-order valence-electron chi connectivity index (χ3n) is 3.85. The van der Waals surface area contributed by atoms with E-state index in [0.717, 1.165) is 25.0 Å². The van der Waals surface area contributed by atoms with Crippen molar-refractivity contribution in [3.63, 3.8) is 0 Å². The van der Waals surface area contributed by atoms with Crippen molar-refractivity contribution in [1.29, 1.82) is 0 Å². The number of hydrogen-bond donors (Lipinski definition) is 2. The van der Waals surface area contributed by atoms with Gasteiger partial charge in [0, 0.05) is 24.9 Å². The Balaban J connectivity index is 2.26. The molecule has 0 unspecified atom stereocenters. The van der Waals surface area contributed by atoms with Gasteiger partial charge in [-0.2, -0.15) is 11.8 Å². The largest absolute Gasteiger partial charge is 0.356 e. The quantitative estimate of drug-likeness (QED) is 0.595. The van der Waals surface area contributed by atoms with Gasteiger partial charge in [-0.15, -0.1) is 0 Å². The number of aliphatic imine (C=N–C) groups is 1. The van der Waals surface area contributed by atoms with E-state index in [4.69, 9.17) is 0 Å². The van der Waals surface area contributed by atoms with Crippen molar-refractivity contribution in [2.75, 3.05) is 46.5 Å². The molecule has 4 nitrogen and oxygen atoms in total. The fourth-order valence-electron chi connectivity index (χ4n) is 2.10. The first-order chi connectivity index (χ1) is 8.96. The molecule has 0 spiro atoms. The Morgan fingerprint density at radius 3 is 2.47 bits per heavy atom. The highest BCUT2D eigenvalue weighted by atomic mass is 32.2. The average Bonchev–Trinajstić information content (AvgIpc) is 2.41. The second kappa shape index (κ2) is 8.00. The fourth-order valence-corrected chi connectivity index (χ4v) is 2.31. The lowest BCUT2D eigenvalue weighted by Gasteiger charge is -2.30. The number of thioether (sulfide) groups is 1. The zero-order chi connectivity index (χ0) is 14.3. The Morgan fingerprint density at radius 2 is 1.95 bits per heavy atom. The SMILES string of the molecule is CN=C(NCC1CCN(C)CC1)NCC(C)(C)SC. The van der Waals surface area contributed by atoms with Crippen LogP contribution in [0.4, 0.5) is 0 Å². The maximum absolute atomic E-state index is 4.30. The van der Waals surface area contributed by atoms with Gasteiger partial charge in [-0.1, -0.05) is 0 Å². The molecule has 0 saturated carbocycles. The number of nitrogens with zero attached hydrogens (tertiary/aromatic N) is 2. The van der Waals surface area contributed by atoms with Crippen LogP contribution in [0.2, 0.25) is 0 Å². The van der Waals surface area contributed by atoms with Gasteiger partial charge in [0.05, 0.1) is 0 Å². The minimum atomic E-state index is 0.241. The third-order valence-corrected chi connectivity index (χ3v) is 5.10. The summed E-state index contributed by atoms with van der Waals surface area (Å²) in [7, 11) is 4.05. The van der Waals surface area contributed by atoms with E-state index in [1.807, 2.05) is 18.8 Å². The van der Waals surface area contributed by atoms with E-state index in [9.17, 15) is 0 Å². The Kier molecular flexibility index (Phi) is 7.00. The van der Waals surface area contributed by atoms with Crippen molar-refractivity contribution in [2.24, 2.45) is 10.9 Å². The number of guanidine groups is 1. The van der Waals surface area contributed by atoms with Crippen molar-refractivity contribution >= 4 is 17.7 Å². The second-order valence-electron chi connectivity index (χ2n) is 6.02. The number of likely N-dealkylation sites (tertiary alicyclic amines) is 1. The molecule has 1 fully saturated rings. The molecule has 1 aliphatic heterocycles. The summed E-state index contributed by atoms with van der Waals surface area (Å²) in [6, 6.07) is 0. The lowest BCUT2D eigenvalue weighted by molar-refractivity contribution is 0.220. The van der Waals surface area contributed by atoms with Crippen LogP contribution in [0.25, 0.3) is 0 Å². The molecule has 0 amide bonds. The summed E-state index contributed by atoms with van der Waals surface area (Å²) in [6.45, 7) is 8.90. The molecular formula is C14H30N4S. The topological polar surface area (TPSA) is 39.7 Å². The van der Waals surface area contributed by atoms with Crippen LogP contribution in [-0.4, -0.2) is 62.1 Å². The van der Waals surface area contributed by atoms with Crippen LogP contribution in [0.1, 0.15) is 26.7 Å². The molecule has 0 aromatic rings.